The quantitative estimate of drug-likeness (QED) is 0.529. The molecule has 0 saturated heterocycles. The molecule has 1 fully saturated rings. The number of aromatic nitrogens is 1. The highest BCUT2D eigenvalue weighted by Crippen LogP contribution is 2.35. The highest BCUT2D eigenvalue weighted by Gasteiger charge is 2.18. The Bertz CT molecular complexity index is 878. The summed E-state index contributed by atoms with van der Waals surface area (Å²) in [5, 5.41) is 0.662. The van der Waals surface area contributed by atoms with Gasteiger partial charge < -0.3 is 10.7 Å². The number of carbonyl (C=O) groups is 1. The lowest BCUT2D eigenvalue weighted by atomic mass is 9.79. The molecule has 2 aromatic carbocycles. The van der Waals surface area contributed by atoms with Crippen molar-refractivity contribution in [1.82, 2.24) is 4.98 Å². The molecule has 1 aromatic heterocycles. The van der Waals surface area contributed by atoms with Gasteiger partial charge in [-0.3, -0.25) is 4.79 Å². The first-order valence-corrected chi connectivity index (χ1v) is 10.2. The van der Waals surface area contributed by atoms with Crippen molar-refractivity contribution >= 4 is 17.5 Å². The molecule has 3 N–H and O–H groups in total. The van der Waals surface area contributed by atoms with Crippen LogP contribution in [0.4, 0.5) is 0 Å². The van der Waals surface area contributed by atoms with Gasteiger partial charge in [0, 0.05) is 23.0 Å². The molecule has 28 heavy (non-hydrogen) atoms. The number of aromatic amines is 1. The standard InChI is InChI=1S/C13H18.C11H9ClN2O/c1-11-7-9-13(10-8-11)12-5-3-2-4-6-12;12-8-3-1-7(2-4-8)9-5-14-6-10(9)11(13)15/h2-6,11,13H,7-10H2,1H3;1-6,14H,(H2,13,15). The number of hydrogen-bond donors (Lipinski definition) is 2. The Hall–Kier alpha value is -2.52. The second kappa shape index (κ2) is 9.61. The molecule has 0 unspecified atom stereocenters. The third-order valence-electron chi connectivity index (χ3n) is 5.45. The summed E-state index contributed by atoms with van der Waals surface area (Å²) in [6, 6.07) is 18.2. The smallest absolute Gasteiger partial charge is 0.250 e. The summed E-state index contributed by atoms with van der Waals surface area (Å²) in [4.78, 5) is 14.0. The second-order valence-electron chi connectivity index (χ2n) is 7.52. The van der Waals surface area contributed by atoms with Crippen molar-refractivity contribution in [1.29, 1.82) is 0 Å². The van der Waals surface area contributed by atoms with Gasteiger partial charge in [0.15, 0.2) is 0 Å². The molecule has 0 bridgehead atoms. The van der Waals surface area contributed by atoms with E-state index in [1.807, 2.05) is 12.1 Å². The monoisotopic (exact) mass is 394 g/mol. The molecule has 0 aliphatic heterocycles. The Kier molecular flexibility index (Phi) is 6.94. The molecule has 3 nitrogen and oxygen atoms in total. The number of nitrogens with two attached hydrogens (primary N) is 1. The minimum Gasteiger partial charge on any atom is -0.366 e. The van der Waals surface area contributed by atoms with E-state index in [0.29, 0.717) is 10.6 Å². The van der Waals surface area contributed by atoms with Crippen molar-refractivity contribution in [2.75, 3.05) is 0 Å². The van der Waals surface area contributed by atoms with Gasteiger partial charge in [0.1, 0.15) is 0 Å². The molecule has 0 radical (unpaired) electrons. The summed E-state index contributed by atoms with van der Waals surface area (Å²) in [7, 11) is 0. The van der Waals surface area contributed by atoms with Crippen molar-refractivity contribution in [2.45, 2.75) is 38.5 Å². The number of nitrogens with one attached hydrogen (secondary N) is 1. The third kappa shape index (κ3) is 5.26. The lowest BCUT2D eigenvalue weighted by molar-refractivity contribution is 0.100. The van der Waals surface area contributed by atoms with E-state index in [-0.39, 0.29) is 0 Å². The van der Waals surface area contributed by atoms with Gasteiger partial charge in [0.25, 0.3) is 5.91 Å². The first-order chi connectivity index (χ1) is 13.5. The van der Waals surface area contributed by atoms with Gasteiger partial charge in [-0.25, -0.2) is 0 Å². The Morgan fingerprint density at radius 1 is 0.964 bits per heavy atom. The van der Waals surface area contributed by atoms with Crippen LogP contribution in [-0.4, -0.2) is 10.9 Å². The molecule has 146 valence electrons. The number of halogens is 1. The molecule has 1 saturated carbocycles. The summed E-state index contributed by atoms with van der Waals surface area (Å²) in [6.45, 7) is 2.38. The van der Waals surface area contributed by atoms with E-state index in [0.717, 1.165) is 23.0 Å². The molecule has 1 aliphatic rings. The van der Waals surface area contributed by atoms with Crippen LogP contribution >= 0.6 is 11.6 Å². The molecule has 4 rings (SSSR count). The Labute approximate surface area is 171 Å². The average molecular weight is 395 g/mol. The number of hydrogen-bond acceptors (Lipinski definition) is 1. The molecule has 3 aromatic rings. The molecule has 0 spiro atoms. The van der Waals surface area contributed by atoms with Crippen LogP contribution in [0.2, 0.25) is 5.02 Å². The molecule has 1 aliphatic carbocycles. The van der Waals surface area contributed by atoms with Gasteiger partial charge in [0.05, 0.1) is 5.56 Å². The number of benzene rings is 2. The number of H-pyrrole nitrogens is 1. The summed E-state index contributed by atoms with van der Waals surface area (Å²) in [5.41, 5.74) is 8.98. The van der Waals surface area contributed by atoms with Gasteiger partial charge in [-0.15, -0.1) is 0 Å². The first kappa shape index (κ1) is 20.2. The second-order valence-corrected chi connectivity index (χ2v) is 7.96. The zero-order chi connectivity index (χ0) is 19.9. The lowest BCUT2D eigenvalue weighted by Crippen LogP contribution is -2.10. The summed E-state index contributed by atoms with van der Waals surface area (Å²) in [5.74, 6) is 1.36. The normalized spacial score (nSPS) is 18.8. The molecule has 0 atom stereocenters. The zero-order valence-corrected chi connectivity index (χ0v) is 17.0. The first-order valence-electron chi connectivity index (χ1n) is 9.82. The van der Waals surface area contributed by atoms with Gasteiger partial charge >= 0.3 is 0 Å². The van der Waals surface area contributed by atoms with Crippen molar-refractivity contribution in [3.63, 3.8) is 0 Å². The van der Waals surface area contributed by atoms with Crippen LogP contribution in [0.5, 0.6) is 0 Å². The summed E-state index contributed by atoms with van der Waals surface area (Å²) in [6.07, 6.45) is 8.95. The predicted octanol–water partition coefficient (Wildman–Crippen LogP) is 6.41. The maximum atomic E-state index is 11.1. The van der Waals surface area contributed by atoms with Crippen molar-refractivity contribution in [3.05, 3.63) is 83.1 Å². The van der Waals surface area contributed by atoms with Crippen molar-refractivity contribution < 1.29 is 4.79 Å². The largest absolute Gasteiger partial charge is 0.366 e. The zero-order valence-electron chi connectivity index (χ0n) is 16.2. The Morgan fingerprint density at radius 3 is 2.21 bits per heavy atom. The van der Waals surface area contributed by atoms with E-state index >= 15 is 0 Å². The van der Waals surface area contributed by atoms with E-state index in [1.165, 1.54) is 25.7 Å². The fraction of sp³-hybridized carbons (Fsp3) is 0.292. The Balaban J connectivity index is 0.000000162. The van der Waals surface area contributed by atoms with Crippen LogP contribution in [-0.2, 0) is 0 Å². The van der Waals surface area contributed by atoms with Crippen LogP contribution in [0.1, 0.15) is 54.4 Å². The minimum absolute atomic E-state index is 0.443. The Morgan fingerprint density at radius 2 is 1.61 bits per heavy atom. The average Bonchev–Trinajstić information content (AvgIpc) is 3.21. The van der Waals surface area contributed by atoms with E-state index in [4.69, 9.17) is 17.3 Å². The van der Waals surface area contributed by atoms with Crippen LogP contribution in [0.25, 0.3) is 11.1 Å². The number of primary amides is 1. The molecular formula is C24H27ClN2O. The minimum atomic E-state index is -0.443. The highest BCUT2D eigenvalue weighted by molar-refractivity contribution is 6.30. The SMILES string of the molecule is CC1CCC(c2ccccc2)CC1.NC(=O)c1c[nH]cc1-c1ccc(Cl)cc1. The lowest BCUT2D eigenvalue weighted by Gasteiger charge is -2.26. The van der Waals surface area contributed by atoms with E-state index in [2.05, 4.69) is 42.2 Å². The number of amides is 1. The van der Waals surface area contributed by atoms with Crippen LogP contribution < -0.4 is 5.73 Å². The van der Waals surface area contributed by atoms with Crippen LogP contribution in [0, 0.1) is 5.92 Å². The van der Waals surface area contributed by atoms with Gasteiger partial charge in [0.2, 0.25) is 0 Å². The fourth-order valence-corrected chi connectivity index (χ4v) is 3.88. The predicted molar refractivity (Wildman–Crippen MR) is 117 cm³/mol. The van der Waals surface area contributed by atoms with E-state index in [9.17, 15) is 4.79 Å². The maximum absolute atomic E-state index is 11.1. The van der Waals surface area contributed by atoms with Gasteiger partial charge in [-0.05, 0) is 47.9 Å². The van der Waals surface area contributed by atoms with E-state index < -0.39 is 5.91 Å². The molecule has 4 heteroatoms. The van der Waals surface area contributed by atoms with E-state index in [1.54, 1.807) is 30.1 Å². The summed E-state index contributed by atoms with van der Waals surface area (Å²) < 4.78 is 0. The number of rotatable bonds is 3. The highest BCUT2D eigenvalue weighted by atomic mass is 35.5. The van der Waals surface area contributed by atoms with Crippen molar-refractivity contribution in [2.24, 2.45) is 11.7 Å². The van der Waals surface area contributed by atoms with Gasteiger partial charge in [-0.1, -0.05) is 73.8 Å². The number of carbonyl (C=O) groups excluding carboxylic acids is 1. The summed E-state index contributed by atoms with van der Waals surface area (Å²) >= 11 is 5.78. The fourth-order valence-electron chi connectivity index (χ4n) is 3.75. The molecular weight excluding hydrogens is 368 g/mol. The molecule has 1 amide bonds. The van der Waals surface area contributed by atoms with Crippen LogP contribution in [0.3, 0.4) is 0 Å². The molecule has 1 heterocycles. The maximum Gasteiger partial charge on any atom is 0.250 e. The van der Waals surface area contributed by atoms with Crippen LogP contribution in [0.15, 0.2) is 67.0 Å². The topological polar surface area (TPSA) is 58.9 Å². The van der Waals surface area contributed by atoms with Crippen molar-refractivity contribution in [3.8, 4) is 11.1 Å². The third-order valence-corrected chi connectivity index (χ3v) is 5.71. The van der Waals surface area contributed by atoms with Gasteiger partial charge in [-0.2, -0.15) is 0 Å².